The number of rotatable bonds is 0. The van der Waals surface area contributed by atoms with Crippen molar-refractivity contribution in [1.82, 2.24) is 0 Å². The molecule has 78 valence electrons. The van der Waals surface area contributed by atoms with E-state index in [4.69, 9.17) is 19.8 Å². The molecule has 0 N–H and O–H groups in total. The van der Waals surface area contributed by atoms with Crippen LogP contribution in [0.5, 0.6) is 0 Å². The van der Waals surface area contributed by atoms with Crippen molar-refractivity contribution in [2.24, 2.45) is 0 Å². The van der Waals surface area contributed by atoms with E-state index in [1.165, 1.54) is 0 Å². The van der Waals surface area contributed by atoms with Crippen LogP contribution in [0.1, 0.15) is 13.8 Å². The Balaban J connectivity index is -0.0000000660. The van der Waals surface area contributed by atoms with Crippen LogP contribution < -0.4 is 69.3 Å². The topological polar surface area (TPSA) is 80.3 Å². The zero-order chi connectivity index (χ0) is 11.4. The van der Waals surface area contributed by atoms with E-state index in [0.717, 1.165) is 13.8 Å². The van der Waals surface area contributed by atoms with Gasteiger partial charge in [0.1, 0.15) is 0 Å². The molecular formula is C10H12Na2O4. The number of hydrogen-bond donors (Lipinski definition) is 0. The van der Waals surface area contributed by atoms with E-state index in [1.807, 2.05) is 36.4 Å². The molecule has 0 aliphatic heterocycles. The second-order valence-electron chi connectivity index (χ2n) is 2.14. The zero-order valence-corrected chi connectivity index (χ0v) is 14.1. The summed E-state index contributed by atoms with van der Waals surface area (Å²) in [7, 11) is 0. The Bertz CT molecular complexity index is 206. The van der Waals surface area contributed by atoms with Crippen molar-refractivity contribution in [2.45, 2.75) is 13.8 Å². The monoisotopic (exact) mass is 242 g/mol. The van der Waals surface area contributed by atoms with Crippen LogP contribution in [0.15, 0.2) is 36.4 Å². The van der Waals surface area contributed by atoms with Crippen molar-refractivity contribution in [1.29, 1.82) is 0 Å². The largest absolute Gasteiger partial charge is 1.00 e. The van der Waals surface area contributed by atoms with E-state index in [0.29, 0.717) is 0 Å². The predicted octanol–water partition coefficient (Wildman–Crippen LogP) is -6.79. The van der Waals surface area contributed by atoms with Crippen molar-refractivity contribution in [3.8, 4) is 0 Å². The molecule has 0 amide bonds. The Kier molecular flexibility index (Phi) is 32.3. The van der Waals surface area contributed by atoms with Gasteiger partial charge in [0.25, 0.3) is 0 Å². The first-order valence-corrected chi connectivity index (χ1v) is 3.82. The molecule has 0 bridgehead atoms. The van der Waals surface area contributed by atoms with Gasteiger partial charge in [0.05, 0.1) is 0 Å². The third-order valence-electron chi connectivity index (χ3n) is 0.667. The Morgan fingerprint density at radius 3 is 0.812 bits per heavy atom. The molecule has 1 aromatic rings. The Morgan fingerprint density at radius 2 is 0.750 bits per heavy atom. The molecule has 0 aromatic heterocycles. The fourth-order valence-corrected chi connectivity index (χ4v) is 0.385. The third kappa shape index (κ3) is 64.6. The second kappa shape index (κ2) is 20.6. The molecule has 16 heavy (non-hydrogen) atoms. The molecule has 1 aromatic carbocycles. The van der Waals surface area contributed by atoms with Crippen LogP contribution >= 0.6 is 0 Å². The molecule has 6 heteroatoms. The summed E-state index contributed by atoms with van der Waals surface area (Å²) < 4.78 is 0. The van der Waals surface area contributed by atoms with Gasteiger partial charge in [-0.1, -0.05) is 36.4 Å². The maximum Gasteiger partial charge on any atom is 1.00 e. The fraction of sp³-hybridized carbons (Fsp3) is 0.200. The van der Waals surface area contributed by atoms with Crippen molar-refractivity contribution in [3.63, 3.8) is 0 Å². The summed E-state index contributed by atoms with van der Waals surface area (Å²) in [6, 6.07) is 12.0. The van der Waals surface area contributed by atoms with Gasteiger partial charge in [0, 0.05) is 11.9 Å². The zero-order valence-electron chi connectivity index (χ0n) is 10.1. The van der Waals surface area contributed by atoms with Gasteiger partial charge in [0.2, 0.25) is 0 Å². The van der Waals surface area contributed by atoms with Crippen LogP contribution in [0.4, 0.5) is 0 Å². The van der Waals surface area contributed by atoms with Crippen LogP contribution in [-0.4, -0.2) is 11.9 Å². The molecule has 0 radical (unpaired) electrons. The van der Waals surface area contributed by atoms with Crippen LogP contribution in [0.2, 0.25) is 0 Å². The summed E-state index contributed by atoms with van der Waals surface area (Å²) in [6.07, 6.45) is 0. The Hall–Kier alpha value is 0.160. The van der Waals surface area contributed by atoms with E-state index >= 15 is 0 Å². The van der Waals surface area contributed by atoms with Crippen molar-refractivity contribution >= 4 is 11.9 Å². The number of carboxylic acids is 2. The van der Waals surface area contributed by atoms with Crippen LogP contribution in [0.3, 0.4) is 0 Å². The minimum atomic E-state index is -1.08. The molecule has 0 atom stereocenters. The number of aliphatic carboxylic acids is 2. The van der Waals surface area contributed by atoms with Gasteiger partial charge in [0.15, 0.2) is 0 Å². The van der Waals surface area contributed by atoms with Crippen LogP contribution in [-0.2, 0) is 9.59 Å². The molecule has 0 aliphatic carbocycles. The molecular weight excluding hydrogens is 230 g/mol. The molecule has 0 heterocycles. The number of carbonyl (C=O) groups excluding carboxylic acids is 2. The molecule has 4 nitrogen and oxygen atoms in total. The second-order valence-corrected chi connectivity index (χ2v) is 2.14. The van der Waals surface area contributed by atoms with E-state index in [9.17, 15) is 0 Å². The fourth-order valence-electron chi connectivity index (χ4n) is 0.385. The number of hydrogen-bond acceptors (Lipinski definition) is 4. The molecule has 0 saturated carbocycles. The SMILES string of the molecule is CC(=O)[O-].CC(=O)[O-].[Na+].[Na+].c1ccccc1. The van der Waals surface area contributed by atoms with Crippen molar-refractivity contribution in [2.75, 3.05) is 0 Å². The summed E-state index contributed by atoms with van der Waals surface area (Å²) in [5, 5.41) is 17.8. The first kappa shape index (κ1) is 25.1. The van der Waals surface area contributed by atoms with E-state index in [2.05, 4.69) is 0 Å². The third-order valence-corrected chi connectivity index (χ3v) is 0.667. The average molecular weight is 242 g/mol. The number of benzene rings is 1. The van der Waals surface area contributed by atoms with Crippen LogP contribution in [0.25, 0.3) is 0 Å². The van der Waals surface area contributed by atoms with Crippen molar-refractivity contribution < 1.29 is 78.9 Å². The summed E-state index contributed by atoms with van der Waals surface area (Å²) in [5.41, 5.74) is 0. The standard InChI is InChI=1S/C6H6.2C2H4O2.2Na/c1-2-4-6-5-3-1;2*1-2(3)4;;/h1-6H;2*1H3,(H,3,4);;/q;;;2*+1/p-2. The number of carboxylic acid groups (broad SMARTS) is 2. The van der Waals surface area contributed by atoms with Gasteiger partial charge < -0.3 is 19.8 Å². The average Bonchev–Trinajstić information content (AvgIpc) is 2.05. The summed E-state index contributed by atoms with van der Waals surface area (Å²) in [5.74, 6) is -2.17. The maximum absolute atomic E-state index is 8.89. The summed E-state index contributed by atoms with van der Waals surface area (Å²) >= 11 is 0. The van der Waals surface area contributed by atoms with Gasteiger partial charge in [-0.2, -0.15) is 0 Å². The minimum Gasteiger partial charge on any atom is -0.550 e. The molecule has 0 fully saturated rings. The van der Waals surface area contributed by atoms with Crippen molar-refractivity contribution in [3.05, 3.63) is 36.4 Å². The summed E-state index contributed by atoms with van der Waals surface area (Å²) in [6.45, 7) is 1.94. The normalized spacial score (nSPS) is 6.12. The van der Waals surface area contributed by atoms with E-state index < -0.39 is 11.9 Å². The first-order valence-electron chi connectivity index (χ1n) is 3.82. The van der Waals surface area contributed by atoms with Gasteiger partial charge in [-0.3, -0.25) is 0 Å². The molecule has 0 spiro atoms. The van der Waals surface area contributed by atoms with Gasteiger partial charge in [-0.05, 0) is 13.8 Å². The van der Waals surface area contributed by atoms with E-state index in [1.54, 1.807) is 0 Å². The van der Waals surface area contributed by atoms with Gasteiger partial charge in [-0.15, -0.1) is 0 Å². The molecule has 1 rings (SSSR count). The molecule has 0 saturated heterocycles. The quantitative estimate of drug-likeness (QED) is 0.423. The summed E-state index contributed by atoms with van der Waals surface area (Å²) in [4.78, 5) is 17.8. The molecule has 0 aliphatic rings. The number of carbonyl (C=O) groups is 2. The van der Waals surface area contributed by atoms with Crippen LogP contribution in [0, 0.1) is 0 Å². The van der Waals surface area contributed by atoms with Gasteiger partial charge >= 0.3 is 59.1 Å². The Morgan fingerprint density at radius 1 is 0.688 bits per heavy atom. The smallest absolute Gasteiger partial charge is 0.550 e. The first-order chi connectivity index (χ1) is 6.46. The van der Waals surface area contributed by atoms with Gasteiger partial charge in [-0.25, -0.2) is 0 Å². The minimum absolute atomic E-state index is 0. The predicted molar refractivity (Wildman–Crippen MR) is 47.8 cm³/mol. The maximum atomic E-state index is 8.89. The molecule has 0 unspecified atom stereocenters. The van der Waals surface area contributed by atoms with E-state index in [-0.39, 0.29) is 59.1 Å². The Labute approximate surface area is 140 Å².